The predicted molar refractivity (Wildman–Crippen MR) is 230 cm³/mol. The SMILES string of the molecule is COc1c2cc(C(C)(C)C)cc1Cc1cc(C(C)(C)C)cc(c1OCCO)Cc1cc(C(C)(C)C)cc(c1OC)Cc1cc(C(C)(C)C)cc(c1OCCO)C2. The molecule has 0 radical (unpaired) electrons. The predicted octanol–water partition coefficient (Wildman–Crippen LogP) is 10.3. The normalized spacial score (nSPS) is 13.7. The van der Waals surface area contributed by atoms with E-state index in [-0.39, 0.29) is 48.1 Å². The van der Waals surface area contributed by atoms with Gasteiger partial charge in [-0.2, -0.15) is 0 Å². The van der Waals surface area contributed by atoms with Gasteiger partial charge >= 0.3 is 0 Å². The van der Waals surface area contributed by atoms with Crippen LogP contribution in [0.3, 0.4) is 0 Å². The van der Waals surface area contributed by atoms with Crippen molar-refractivity contribution in [3.8, 4) is 23.0 Å². The summed E-state index contributed by atoms with van der Waals surface area (Å²) in [5.41, 5.74) is 12.8. The van der Waals surface area contributed by atoms with Crippen molar-refractivity contribution in [3.63, 3.8) is 0 Å². The molecule has 0 heterocycles. The molecule has 0 unspecified atom stereocenters. The Morgan fingerprint density at radius 2 is 0.571 bits per heavy atom. The van der Waals surface area contributed by atoms with E-state index in [1.54, 1.807) is 14.2 Å². The molecule has 0 atom stereocenters. The zero-order valence-corrected chi connectivity index (χ0v) is 36.8. The van der Waals surface area contributed by atoms with E-state index in [4.69, 9.17) is 18.9 Å². The van der Waals surface area contributed by atoms with Crippen molar-refractivity contribution >= 4 is 0 Å². The fraction of sp³-hybridized carbons (Fsp3) is 0.520. The summed E-state index contributed by atoms with van der Waals surface area (Å²) in [7, 11) is 3.53. The molecule has 8 bridgehead atoms. The zero-order valence-electron chi connectivity index (χ0n) is 36.8. The van der Waals surface area contributed by atoms with Crippen LogP contribution in [0.15, 0.2) is 48.5 Å². The highest BCUT2D eigenvalue weighted by Crippen LogP contribution is 2.44. The minimum absolute atomic E-state index is 0.0885. The standard InChI is InChI=1S/C50H68O6/c1-47(2,3)39-23-31-19-35-27-41(49(7,8)9)29-37(45(35)55-17-15-51)21-33-25-40(48(4,5)6)26-34(44(33)54-14)22-38-30-42(50(10,11)12)28-36(46(38)56-18-16-52)20-32(24-39)43(31)53-13/h23-30,51-52H,15-22H2,1-14H3. The summed E-state index contributed by atoms with van der Waals surface area (Å²) in [4.78, 5) is 0. The summed E-state index contributed by atoms with van der Waals surface area (Å²) >= 11 is 0. The average Bonchev–Trinajstić information content (AvgIpc) is 3.08. The minimum Gasteiger partial charge on any atom is -0.496 e. The number of aliphatic hydroxyl groups excluding tert-OH is 2. The molecule has 0 amide bonds. The van der Waals surface area contributed by atoms with E-state index >= 15 is 0 Å². The first-order chi connectivity index (χ1) is 26.1. The molecule has 304 valence electrons. The molecule has 5 rings (SSSR count). The molecule has 0 fully saturated rings. The third kappa shape index (κ3) is 9.57. The van der Waals surface area contributed by atoms with Crippen molar-refractivity contribution in [2.45, 2.75) is 130 Å². The molecule has 2 N–H and O–H groups in total. The molecule has 6 heteroatoms. The topological polar surface area (TPSA) is 77.4 Å². The van der Waals surface area contributed by atoms with E-state index in [0.717, 1.165) is 67.5 Å². The maximum Gasteiger partial charge on any atom is 0.126 e. The van der Waals surface area contributed by atoms with E-state index < -0.39 is 0 Å². The second kappa shape index (κ2) is 16.5. The maximum absolute atomic E-state index is 10.1. The van der Waals surface area contributed by atoms with Crippen LogP contribution >= 0.6 is 0 Å². The van der Waals surface area contributed by atoms with Gasteiger partial charge in [-0.1, -0.05) is 132 Å². The lowest BCUT2D eigenvalue weighted by Crippen LogP contribution is -2.18. The third-order valence-corrected chi connectivity index (χ3v) is 11.0. The van der Waals surface area contributed by atoms with Crippen LogP contribution in [0.1, 0.15) is 150 Å². The lowest BCUT2D eigenvalue weighted by atomic mass is 9.79. The fourth-order valence-corrected chi connectivity index (χ4v) is 7.81. The maximum atomic E-state index is 10.1. The highest BCUT2D eigenvalue weighted by Gasteiger charge is 2.29. The third-order valence-electron chi connectivity index (χ3n) is 11.0. The molecular formula is C50H68O6. The molecule has 0 aliphatic heterocycles. The van der Waals surface area contributed by atoms with Crippen LogP contribution in [0, 0.1) is 0 Å². The van der Waals surface area contributed by atoms with Gasteiger partial charge in [-0.15, -0.1) is 0 Å². The first-order valence-corrected chi connectivity index (χ1v) is 20.3. The number of rotatable bonds is 8. The van der Waals surface area contributed by atoms with Gasteiger partial charge in [-0.3, -0.25) is 0 Å². The van der Waals surface area contributed by atoms with Crippen molar-refractivity contribution in [1.82, 2.24) is 0 Å². The summed E-state index contributed by atoms with van der Waals surface area (Å²) in [5.74, 6) is 3.29. The highest BCUT2D eigenvalue weighted by atomic mass is 16.5. The molecule has 6 nitrogen and oxygen atoms in total. The fourth-order valence-electron chi connectivity index (χ4n) is 7.81. The van der Waals surface area contributed by atoms with Crippen LogP contribution in [0.4, 0.5) is 0 Å². The zero-order chi connectivity index (χ0) is 41.4. The Balaban J connectivity index is 1.99. The summed E-state index contributed by atoms with van der Waals surface area (Å²) in [6.07, 6.45) is 2.29. The second-order valence-corrected chi connectivity index (χ2v) is 19.8. The Morgan fingerprint density at radius 3 is 0.732 bits per heavy atom. The summed E-state index contributed by atoms with van der Waals surface area (Å²) in [6, 6.07) is 18.3. The molecule has 0 saturated carbocycles. The lowest BCUT2D eigenvalue weighted by Gasteiger charge is -2.29. The van der Waals surface area contributed by atoms with Gasteiger partial charge in [0.2, 0.25) is 0 Å². The van der Waals surface area contributed by atoms with Crippen LogP contribution in [0.5, 0.6) is 23.0 Å². The highest BCUT2D eigenvalue weighted by molar-refractivity contribution is 5.60. The molecule has 4 aromatic rings. The van der Waals surface area contributed by atoms with Crippen LogP contribution < -0.4 is 18.9 Å². The van der Waals surface area contributed by atoms with Crippen LogP contribution in [-0.4, -0.2) is 50.9 Å². The number of aliphatic hydroxyl groups is 2. The van der Waals surface area contributed by atoms with Crippen LogP contribution in [0.25, 0.3) is 0 Å². The monoisotopic (exact) mass is 765 g/mol. The van der Waals surface area contributed by atoms with Gasteiger partial charge in [0.15, 0.2) is 0 Å². The van der Waals surface area contributed by atoms with Crippen LogP contribution in [-0.2, 0) is 47.3 Å². The number of benzene rings is 4. The summed E-state index contributed by atoms with van der Waals surface area (Å²) in [5, 5.41) is 20.2. The lowest BCUT2D eigenvalue weighted by molar-refractivity contribution is 0.199. The molecule has 0 aromatic heterocycles. The quantitative estimate of drug-likeness (QED) is 0.164. The molecular weight excluding hydrogens is 697 g/mol. The number of fused-ring (bicyclic) bond motifs is 8. The van der Waals surface area contributed by atoms with Crippen molar-refractivity contribution in [2.24, 2.45) is 0 Å². The molecule has 0 saturated heterocycles. The molecule has 56 heavy (non-hydrogen) atoms. The van der Waals surface area contributed by atoms with Gasteiger partial charge < -0.3 is 29.2 Å². The van der Waals surface area contributed by atoms with E-state index in [2.05, 4.69) is 132 Å². The van der Waals surface area contributed by atoms with Crippen molar-refractivity contribution in [1.29, 1.82) is 0 Å². The van der Waals surface area contributed by atoms with Gasteiger partial charge in [-0.05, 0) is 88.4 Å². The Bertz CT molecular complexity index is 1780. The molecule has 4 aromatic carbocycles. The Morgan fingerprint density at radius 1 is 0.375 bits per heavy atom. The number of hydrogen-bond acceptors (Lipinski definition) is 6. The minimum atomic E-state index is -0.136. The largest absolute Gasteiger partial charge is 0.496 e. The van der Waals surface area contributed by atoms with Gasteiger partial charge in [0, 0.05) is 25.7 Å². The van der Waals surface area contributed by atoms with Gasteiger partial charge in [0.1, 0.15) is 36.2 Å². The van der Waals surface area contributed by atoms with Crippen molar-refractivity contribution in [2.75, 3.05) is 40.6 Å². The second-order valence-electron chi connectivity index (χ2n) is 19.8. The number of hydrogen-bond donors (Lipinski definition) is 2. The van der Waals surface area contributed by atoms with Crippen LogP contribution in [0.2, 0.25) is 0 Å². The molecule has 0 spiro atoms. The van der Waals surface area contributed by atoms with E-state index in [1.165, 1.54) is 22.3 Å². The average molecular weight is 765 g/mol. The van der Waals surface area contributed by atoms with Gasteiger partial charge in [0.05, 0.1) is 27.4 Å². The Hall–Kier alpha value is -4.00. The van der Waals surface area contributed by atoms with E-state index in [1.807, 2.05) is 0 Å². The van der Waals surface area contributed by atoms with Crippen molar-refractivity contribution in [3.05, 3.63) is 115 Å². The first kappa shape index (κ1) is 43.1. The Labute approximate surface area is 337 Å². The van der Waals surface area contributed by atoms with Gasteiger partial charge in [0.25, 0.3) is 0 Å². The van der Waals surface area contributed by atoms with Gasteiger partial charge in [-0.25, -0.2) is 0 Å². The molecule has 1 aliphatic rings. The number of methoxy groups -OCH3 is 2. The molecule has 1 aliphatic carbocycles. The van der Waals surface area contributed by atoms with E-state index in [9.17, 15) is 10.2 Å². The smallest absolute Gasteiger partial charge is 0.126 e. The van der Waals surface area contributed by atoms with Crippen molar-refractivity contribution < 1.29 is 29.2 Å². The van der Waals surface area contributed by atoms with E-state index in [0.29, 0.717) is 25.7 Å². The Kier molecular flexibility index (Phi) is 12.7. The summed E-state index contributed by atoms with van der Waals surface area (Å²) in [6.45, 7) is 27.2. The first-order valence-electron chi connectivity index (χ1n) is 20.3. The number of ether oxygens (including phenoxy) is 4. The summed E-state index contributed by atoms with van der Waals surface area (Å²) < 4.78 is 26.0.